The predicted molar refractivity (Wildman–Crippen MR) is 104 cm³/mol. The van der Waals surface area contributed by atoms with E-state index in [-0.39, 0.29) is 25.5 Å². The Morgan fingerprint density at radius 2 is 1.86 bits per heavy atom. The van der Waals surface area contributed by atoms with Crippen LogP contribution < -0.4 is 15.0 Å². The van der Waals surface area contributed by atoms with Crippen molar-refractivity contribution in [1.82, 2.24) is 0 Å². The largest absolute Gasteiger partial charge is 0.493 e. The first-order valence-electron chi connectivity index (χ1n) is 9.04. The van der Waals surface area contributed by atoms with Crippen molar-refractivity contribution in [3.63, 3.8) is 0 Å². The van der Waals surface area contributed by atoms with E-state index in [0.29, 0.717) is 17.1 Å². The van der Waals surface area contributed by atoms with Gasteiger partial charge in [-0.15, -0.1) is 0 Å². The first kappa shape index (κ1) is 19.4. The minimum absolute atomic E-state index is 0.0169. The van der Waals surface area contributed by atoms with Crippen molar-refractivity contribution in [2.45, 2.75) is 26.4 Å². The topological polar surface area (TPSA) is 84.9 Å². The number of ether oxygens (including phenoxy) is 2. The number of hydrogen-bond acceptors (Lipinski definition) is 5. The van der Waals surface area contributed by atoms with Gasteiger partial charge in [0.2, 0.25) is 5.91 Å². The number of amides is 2. The number of benzene rings is 2. The van der Waals surface area contributed by atoms with Gasteiger partial charge in [0.15, 0.2) is 6.10 Å². The first-order chi connectivity index (χ1) is 13.5. The Bertz CT molecular complexity index is 896. The summed E-state index contributed by atoms with van der Waals surface area (Å²) in [5, 5.41) is 2.72. The molecule has 0 radical (unpaired) electrons. The minimum atomic E-state index is -1.01. The summed E-state index contributed by atoms with van der Waals surface area (Å²) >= 11 is 0. The van der Waals surface area contributed by atoms with Crippen molar-refractivity contribution in [3.8, 4) is 5.75 Å². The number of carbonyl (C=O) groups excluding carboxylic acids is 3. The Morgan fingerprint density at radius 3 is 2.64 bits per heavy atom. The number of para-hydroxylation sites is 3. The van der Waals surface area contributed by atoms with Gasteiger partial charge in [0.05, 0.1) is 24.4 Å². The number of fused-ring (bicyclic) bond motifs is 1. The van der Waals surface area contributed by atoms with E-state index in [1.165, 1.54) is 11.8 Å². The average Bonchev–Trinajstić information content (AvgIpc) is 2.68. The fourth-order valence-electron chi connectivity index (χ4n) is 2.92. The zero-order chi connectivity index (χ0) is 20.1. The molecule has 2 aromatic rings. The number of hydrogen-bond donors (Lipinski definition) is 1. The molecular formula is C21H22N2O5. The van der Waals surface area contributed by atoms with Crippen molar-refractivity contribution in [3.05, 3.63) is 54.1 Å². The molecule has 2 aromatic carbocycles. The molecule has 0 aliphatic carbocycles. The summed E-state index contributed by atoms with van der Waals surface area (Å²) < 4.78 is 10.8. The Kier molecular flexibility index (Phi) is 5.93. The molecule has 0 aromatic heterocycles. The number of nitrogens with one attached hydrogen (secondary N) is 1. The van der Waals surface area contributed by atoms with E-state index in [0.717, 1.165) is 5.56 Å². The summed E-state index contributed by atoms with van der Waals surface area (Å²) in [5.41, 5.74) is 2.11. The quantitative estimate of drug-likeness (QED) is 0.777. The summed E-state index contributed by atoms with van der Waals surface area (Å²) in [7, 11) is 0. The Morgan fingerprint density at radius 1 is 1.14 bits per heavy atom. The Balaban J connectivity index is 1.55. The van der Waals surface area contributed by atoms with Gasteiger partial charge in [0.25, 0.3) is 5.91 Å². The van der Waals surface area contributed by atoms with Crippen LogP contribution in [0.2, 0.25) is 0 Å². The third-order valence-corrected chi connectivity index (χ3v) is 4.35. The van der Waals surface area contributed by atoms with Crippen LogP contribution in [0.1, 0.15) is 18.9 Å². The summed E-state index contributed by atoms with van der Waals surface area (Å²) in [6.07, 6.45) is -0.992. The van der Waals surface area contributed by atoms with E-state index >= 15 is 0 Å². The van der Waals surface area contributed by atoms with Crippen LogP contribution in [0, 0.1) is 6.92 Å². The molecule has 0 saturated heterocycles. The van der Waals surface area contributed by atoms with Gasteiger partial charge < -0.3 is 14.8 Å². The fraction of sp³-hybridized carbons (Fsp3) is 0.286. The predicted octanol–water partition coefficient (Wildman–Crippen LogP) is 2.68. The van der Waals surface area contributed by atoms with Crippen LogP contribution in [0.4, 0.5) is 11.4 Å². The molecule has 7 heteroatoms. The molecule has 0 spiro atoms. The van der Waals surface area contributed by atoms with Crippen molar-refractivity contribution in [1.29, 1.82) is 0 Å². The molecule has 2 amide bonds. The van der Waals surface area contributed by atoms with Gasteiger partial charge in [-0.3, -0.25) is 19.3 Å². The van der Waals surface area contributed by atoms with Crippen LogP contribution in [0.15, 0.2) is 48.5 Å². The lowest BCUT2D eigenvalue weighted by atomic mass is 10.1. The van der Waals surface area contributed by atoms with Crippen LogP contribution in [0.3, 0.4) is 0 Å². The molecule has 0 unspecified atom stereocenters. The molecule has 7 nitrogen and oxygen atoms in total. The molecule has 1 aliphatic rings. The van der Waals surface area contributed by atoms with Gasteiger partial charge in [0, 0.05) is 0 Å². The van der Waals surface area contributed by atoms with Gasteiger partial charge in [-0.05, 0) is 37.6 Å². The highest BCUT2D eigenvalue weighted by Crippen LogP contribution is 2.29. The second-order valence-electron chi connectivity index (χ2n) is 6.49. The first-order valence-corrected chi connectivity index (χ1v) is 9.04. The van der Waals surface area contributed by atoms with Gasteiger partial charge in [-0.2, -0.15) is 0 Å². The molecule has 0 fully saturated rings. The zero-order valence-electron chi connectivity index (χ0n) is 15.8. The van der Waals surface area contributed by atoms with E-state index in [1.807, 2.05) is 31.2 Å². The van der Waals surface area contributed by atoms with Gasteiger partial charge in [0.1, 0.15) is 12.3 Å². The van der Waals surface area contributed by atoms with E-state index < -0.39 is 18.0 Å². The molecule has 0 bridgehead atoms. The SMILES string of the molecule is Cc1ccccc1OCCC(=O)O[C@@H](C)C(=O)N1CC(=O)Nc2ccccc21. The smallest absolute Gasteiger partial charge is 0.310 e. The molecule has 1 atom stereocenters. The number of anilines is 2. The van der Waals surface area contributed by atoms with E-state index in [4.69, 9.17) is 9.47 Å². The Hall–Kier alpha value is -3.35. The van der Waals surface area contributed by atoms with Crippen molar-refractivity contribution in [2.24, 2.45) is 0 Å². The molecule has 146 valence electrons. The number of rotatable bonds is 6. The maximum atomic E-state index is 12.7. The maximum absolute atomic E-state index is 12.7. The van der Waals surface area contributed by atoms with Gasteiger partial charge in [-0.1, -0.05) is 30.3 Å². The fourth-order valence-corrected chi connectivity index (χ4v) is 2.92. The summed E-state index contributed by atoms with van der Waals surface area (Å²) in [4.78, 5) is 38.0. The molecule has 1 heterocycles. The highest BCUT2D eigenvalue weighted by atomic mass is 16.6. The summed E-state index contributed by atoms with van der Waals surface area (Å²) in [6, 6.07) is 14.5. The minimum Gasteiger partial charge on any atom is -0.493 e. The second kappa shape index (κ2) is 8.56. The maximum Gasteiger partial charge on any atom is 0.310 e. The van der Waals surface area contributed by atoms with Crippen LogP contribution in [-0.2, 0) is 19.1 Å². The number of aryl methyl sites for hydroxylation is 1. The highest BCUT2D eigenvalue weighted by Gasteiger charge is 2.31. The van der Waals surface area contributed by atoms with Gasteiger partial charge >= 0.3 is 5.97 Å². The lowest BCUT2D eigenvalue weighted by Crippen LogP contribution is -2.47. The summed E-state index contributed by atoms with van der Waals surface area (Å²) in [5.74, 6) is -0.577. The van der Waals surface area contributed by atoms with Crippen LogP contribution in [-0.4, -0.2) is 37.0 Å². The van der Waals surface area contributed by atoms with E-state index in [1.54, 1.807) is 24.3 Å². The van der Waals surface area contributed by atoms with Crippen LogP contribution in [0.25, 0.3) is 0 Å². The number of carbonyl (C=O) groups is 3. The van der Waals surface area contributed by atoms with Crippen LogP contribution >= 0.6 is 0 Å². The van der Waals surface area contributed by atoms with Crippen molar-refractivity contribution in [2.75, 3.05) is 23.4 Å². The molecule has 3 rings (SSSR count). The van der Waals surface area contributed by atoms with Crippen molar-refractivity contribution >= 4 is 29.2 Å². The molecular weight excluding hydrogens is 360 g/mol. The Labute approximate surface area is 163 Å². The molecule has 28 heavy (non-hydrogen) atoms. The lowest BCUT2D eigenvalue weighted by molar-refractivity contribution is -0.154. The zero-order valence-corrected chi connectivity index (χ0v) is 15.8. The second-order valence-corrected chi connectivity index (χ2v) is 6.49. The third-order valence-electron chi connectivity index (χ3n) is 4.35. The van der Waals surface area contributed by atoms with E-state index in [2.05, 4.69) is 5.32 Å². The third kappa shape index (κ3) is 4.49. The monoisotopic (exact) mass is 382 g/mol. The molecule has 0 saturated carbocycles. The number of nitrogens with zero attached hydrogens (tertiary/aromatic N) is 1. The average molecular weight is 382 g/mol. The lowest BCUT2D eigenvalue weighted by Gasteiger charge is -2.30. The highest BCUT2D eigenvalue weighted by molar-refractivity contribution is 6.11. The molecule has 1 N–H and O–H groups in total. The number of esters is 1. The standard InChI is InChI=1S/C21H22N2O5/c1-14-7-3-6-10-18(14)27-12-11-20(25)28-15(2)21(26)23-13-19(24)22-16-8-4-5-9-17(16)23/h3-10,15H,11-13H2,1-2H3,(H,22,24)/t15-/m0/s1. The molecule has 1 aliphatic heterocycles. The van der Waals surface area contributed by atoms with Gasteiger partial charge in [-0.25, -0.2) is 0 Å². The van der Waals surface area contributed by atoms with Crippen molar-refractivity contribution < 1.29 is 23.9 Å². The van der Waals surface area contributed by atoms with E-state index in [9.17, 15) is 14.4 Å². The normalized spacial score (nSPS) is 13.9. The van der Waals surface area contributed by atoms with Crippen LogP contribution in [0.5, 0.6) is 5.75 Å². The summed E-state index contributed by atoms with van der Waals surface area (Å²) in [6.45, 7) is 3.45.